The van der Waals surface area contributed by atoms with Gasteiger partial charge in [0.15, 0.2) is 5.82 Å². The molecule has 2 saturated heterocycles. The summed E-state index contributed by atoms with van der Waals surface area (Å²) >= 11 is 0. The third kappa shape index (κ3) is 6.40. The van der Waals surface area contributed by atoms with Crippen LogP contribution < -0.4 is 10.2 Å². The van der Waals surface area contributed by atoms with Gasteiger partial charge in [0, 0.05) is 24.2 Å². The standard InChI is InChI=1S/C32H38F2N8O/c1-4-40-15-13-22(14-16-40)24-10-6-5-9-23(24)21-32(2,3)39-29-36-30(41-17-19-43-20-18-41)38-31(37-29)42-26-12-8-7-11-25(26)35-28(42)27(33)34/h5,7-9,11-12,22,27H,4,13-21H2,1-3H3,(H,36,37,38,39). The number of likely N-dealkylation sites (tertiary alicyclic amines) is 1. The van der Waals surface area contributed by atoms with Crippen molar-refractivity contribution in [1.29, 1.82) is 0 Å². The summed E-state index contributed by atoms with van der Waals surface area (Å²) in [6.07, 6.45) is 0.103. The van der Waals surface area contributed by atoms with Crippen molar-refractivity contribution in [2.45, 2.75) is 57.9 Å². The average Bonchev–Trinajstić information content (AvgIpc) is 3.42. The lowest BCUT2D eigenvalue weighted by molar-refractivity contribution is 0.122. The van der Waals surface area contributed by atoms with E-state index in [0.717, 1.165) is 32.5 Å². The quantitative estimate of drug-likeness (QED) is 0.285. The van der Waals surface area contributed by atoms with E-state index >= 15 is 0 Å². The molecule has 43 heavy (non-hydrogen) atoms. The number of benzene rings is 1. The monoisotopic (exact) mass is 588 g/mol. The molecule has 0 unspecified atom stereocenters. The van der Waals surface area contributed by atoms with Crippen LogP contribution in [-0.4, -0.2) is 80.9 Å². The number of piperidine rings is 1. The number of imidazole rings is 1. The second-order valence-corrected chi connectivity index (χ2v) is 11.9. The van der Waals surface area contributed by atoms with Gasteiger partial charge in [-0.05, 0) is 88.5 Å². The van der Waals surface area contributed by atoms with Crippen LogP contribution in [-0.2, 0) is 11.2 Å². The third-order valence-corrected chi connectivity index (χ3v) is 8.33. The first-order chi connectivity index (χ1) is 20.8. The smallest absolute Gasteiger partial charge is 0.296 e. The average molecular weight is 589 g/mol. The lowest BCUT2D eigenvalue weighted by atomic mass is 9.83. The molecule has 0 spiro atoms. The fraction of sp³-hybridized carbons (Fsp3) is 0.500. The summed E-state index contributed by atoms with van der Waals surface area (Å²) in [5.41, 5.74) is 2.93. The number of halogens is 2. The normalized spacial score (nSPS) is 17.0. The van der Waals surface area contributed by atoms with Crippen LogP contribution >= 0.6 is 0 Å². The number of hydrogen-bond acceptors (Lipinski definition) is 8. The van der Waals surface area contributed by atoms with Crippen LogP contribution in [0.25, 0.3) is 17.0 Å². The van der Waals surface area contributed by atoms with Crippen LogP contribution in [0.3, 0.4) is 0 Å². The summed E-state index contributed by atoms with van der Waals surface area (Å²) in [4.78, 5) is 22.8. The number of fused-ring (bicyclic) bond motifs is 1. The number of hydrogen-bond donors (Lipinski definition) is 1. The Balaban J connectivity index is 1.34. The van der Waals surface area contributed by atoms with Crippen molar-refractivity contribution in [2.24, 2.45) is 0 Å². The van der Waals surface area contributed by atoms with Crippen molar-refractivity contribution in [1.82, 2.24) is 29.4 Å². The number of alkyl halides is 2. The molecule has 2 aromatic carbocycles. The molecule has 0 atom stereocenters. The molecule has 4 aromatic rings. The summed E-state index contributed by atoms with van der Waals surface area (Å²) < 4.78 is 35.4. The van der Waals surface area contributed by atoms with E-state index in [4.69, 9.17) is 14.7 Å². The number of nitrogens with zero attached hydrogens (tertiary/aromatic N) is 7. The Morgan fingerprint density at radius 2 is 1.74 bits per heavy atom. The molecular weight excluding hydrogens is 550 g/mol. The van der Waals surface area contributed by atoms with Gasteiger partial charge in [0.1, 0.15) is 0 Å². The van der Waals surface area contributed by atoms with Crippen molar-refractivity contribution in [3.05, 3.63) is 65.5 Å². The maximum atomic E-state index is 14.2. The zero-order valence-corrected chi connectivity index (χ0v) is 25.0. The number of aromatic nitrogens is 5. The van der Waals surface area contributed by atoms with E-state index in [1.807, 2.05) is 11.0 Å². The molecule has 2 aliphatic heterocycles. The minimum atomic E-state index is -2.81. The summed E-state index contributed by atoms with van der Waals surface area (Å²) in [6, 6.07) is 17.7. The first kappa shape index (κ1) is 29.2. The highest BCUT2D eigenvalue weighted by atomic mass is 19.3. The number of ether oxygens (including phenoxy) is 1. The van der Waals surface area contributed by atoms with Gasteiger partial charge in [-0.1, -0.05) is 31.2 Å². The van der Waals surface area contributed by atoms with Crippen molar-refractivity contribution in [3.8, 4) is 5.95 Å². The van der Waals surface area contributed by atoms with Crippen LogP contribution in [0.4, 0.5) is 20.7 Å². The third-order valence-electron chi connectivity index (χ3n) is 8.33. The van der Waals surface area contributed by atoms with Gasteiger partial charge in [-0.15, -0.1) is 0 Å². The number of para-hydroxylation sites is 2. The zero-order valence-electron chi connectivity index (χ0n) is 25.0. The zero-order chi connectivity index (χ0) is 30.0. The van der Waals surface area contributed by atoms with Crippen molar-refractivity contribution in [2.75, 3.05) is 56.2 Å². The lowest BCUT2D eigenvalue weighted by Crippen LogP contribution is -2.39. The predicted octanol–water partition coefficient (Wildman–Crippen LogP) is 5.22. The van der Waals surface area contributed by atoms with Crippen molar-refractivity contribution < 1.29 is 13.5 Å². The fourth-order valence-corrected chi connectivity index (χ4v) is 6.13. The minimum absolute atomic E-state index is 0.102. The van der Waals surface area contributed by atoms with E-state index < -0.39 is 17.8 Å². The lowest BCUT2D eigenvalue weighted by Gasteiger charge is -2.33. The molecule has 0 bridgehead atoms. The maximum Gasteiger partial charge on any atom is 0.296 e. The number of anilines is 2. The van der Waals surface area contributed by atoms with Gasteiger partial charge < -0.3 is 19.9 Å². The molecule has 2 aliphatic rings. The Bertz CT molecular complexity index is 1540. The van der Waals surface area contributed by atoms with Crippen molar-refractivity contribution in [3.63, 3.8) is 0 Å². The number of nitrogens with one attached hydrogen (secondary N) is 1. The first-order valence-corrected chi connectivity index (χ1v) is 15.1. The molecule has 2 aromatic heterocycles. The number of morpholine rings is 1. The van der Waals surface area contributed by atoms with E-state index in [1.54, 1.807) is 24.3 Å². The molecule has 0 radical (unpaired) electrons. The molecule has 226 valence electrons. The van der Waals surface area contributed by atoms with Crippen LogP contribution in [0.5, 0.6) is 0 Å². The van der Waals surface area contributed by atoms with Crippen LogP contribution in [0.2, 0.25) is 0 Å². The molecule has 0 aliphatic carbocycles. The van der Waals surface area contributed by atoms with E-state index in [1.165, 1.54) is 15.7 Å². The Morgan fingerprint density at radius 1 is 1.00 bits per heavy atom. The molecule has 6 rings (SSSR count). The van der Waals surface area contributed by atoms with Crippen LogP contribution in [0.1, 0.15) is 62.9 Å². The van der Waals surface area contributed by atoms with Crippen LogP contribution in [0.15, 0.2) is 36.4 Å². The van der Waals surface area contributed by atoms with E-state index in [9.17, 15) is 8.78 Å². The maximum absolute atomic E-state index is 14.2. The Labute approximate surface area is 251 Å². The van der Waals surface area contributed by atoms with E-state index in [-0.39, 0.29) is 5.95 Å². The van der Waals surface area contributed by atoms with E-state index in [0.29, 0.717) is 61.6 Å². The Kier molecular flexibility index (Phi) is 8.41. The van der Waals surface area contributed by atoms with Gasteiger partial charge in [0.05, 0.1) is 24.2 Å². The molecule has 2 fully saturated rings. The summed E-state index contributed by atoms with van der Waals surface area (Å²) in [7, 11) is 0. The fourth-order valence-electron chi connectivity index (χ4n) is 6.13. The SMILES string of the molecule is CCN1CCC(c2c#cccc2CC(C)(C)Nc2nc(N3CCOCC3)nc(-n3c(C(F)F)nc4ccccc43)n2)CC1. The largest absolute Gasteiger partial charge is 0.378 e. The van der Waals surface area contributed by atoms with Gasteiger partial charge >= 0.3 is 0 Å². The number of rotatable bonds is 9. The van der Waals surface area contributed by atoms with Crippen LogP contribution in [0, 0.1) is 12.1 Å². The van der Waals surface area contributed by atoms with Gasteiger partial charge in [-0.25, -0.2) is 13.8 Å². The molecule has 0 amide bonds. The molecule has 0 saturated carbocycles. The van der Waals surface area contributed by atoms with Gasteiger partial charge in [0.2, 0.25) is 17.8 Å². The second-order valence-electron chi connectivity index (χ2n) is 11.9. The molecule has 4 heterocycles. The van der Waals surface area contributed by atoms with Gasteiger partial charge in [0.25, 0.3) is 6.43 Å². The molecule has 11 heteroatoms. The summed E-state index contributed by atoms with van der Waals surface area (Å²) in [6.45, 7) is 11.9. The van der Waals surface area contributed by atoms with E-state index in [2.05, 4.69) is 59.2 Å². The first-order valence-electron chi connectivity index (χ1n) is 15.1. The highest BCUT2D eigenvalue weighted by Gasteiger charge is 2.28. The highest BCUT2D eigenvalue weighted by molar-refractivity contribution is 5.77. The molecule has 1 N–H and O–H groups in total. The summed E-state index contributed by atoms with van der Waals surface area (Å²) in [5, 5.41) is 3.52. The minimum Gasteiger partial charge on any atom is -0.378 e. The van der Waals surface area contributed by atoms with Crippen molar-refractivity contribution >= 4 is 22.9 Å². The Hall–Kier alpha value is -3.88. The molecule has 9 nitrogen and oxygen atoms in total. The predicted molar refractivity (Wildman–Crippen MR) is 162 cm³/mol. The second kappa shape index (κ2) is 12.4. The topological polar surface area (TPSA) is 84.2 Å². The Morgan fingerprint density at radius 3 is 2.49 bits per heavy atom. The molecular formula is C32H38F2N8O. The van der Waals surface area contributed by atoms with Gasteiger partial charge in [-0.2, -0.15) is 15.0 Å². The highest BCUT2D eigenvalue weighted by Crippen LogP contribution is 2.32. The summed E-state index contributed by atoms with van der Waals surface area (Å²) in [5.74, 6) is 0.879. The van der Waals surface area contributed by atoms with Gasteiger partial charge in [-0.3, -0.25) is 4.57 Å².